The summed E-state index contributed by atoms with van der Waals surface area (Å²) in [5, 5.41) is 10.2. The Kier molecular flexibility index (Phi) is 11.2. The van der Waals surface area contributed by atoms with E-state index in [4.69, 9.17) is 8.85 Å². The molecule has 0 aliphatic rings. The number of aliphatic hydroxyl groups is 1. The topological polar surface area (TPSA) is 38.7 Å². The Morgan fingerprint density at radius 3 is 1.75 bits per heavy atom. The van der Waals surface area contributed by atoms with Crippen molar-refractivity contribution < 1.29 is 14.0 Å². The molecule has 2 rings (SSSR count). The molecule has 5 heteroatoms. The van der Waals surface area contributed by atoms with Crippen LogP contribution < -0.4 is 8.85 Å². The standard InChI is InChI=1S/C35H58O3Si2/c1-27(22-29-20-17-19-28(23-29)18-15-14-16-21-35(8,9)36)30-24-31(37-39(10,11)33(2,3)4)26-32(25-30)38-40(12,13)34(5,6)7/h17,19-20,22-26,36H,14-16,18,21H2,1-13H3/b27-22+. The Morgan fingerprint density at radius 2 is 1.27 bits per heavy atom. The van der Waals surface area contributed by atoms with E-state index in [1.807, 2.05) is 13.8 Å². The number of unbranched alkanes of at least 4 members (excludes halogenated alkanes) is 2. The van der Waals surface area contributed by atoms with Crippen LogP contribution in [0.25, 0.3) is 11.6 Å². The van der Waals surface area contributed by atoms with Gasteiger partial charge in [-0.1, -0.05) is 84.7 Å². The first-order valence-corrected chi connectivity index (χ1v) is 20.9. The zero-order chi connectivity index (χ0) is 30.6. The van der Waals surface area contributed by atoms with Crippen LogP contribution in [0, 0.1) is 0 Å². The van der Waals surface area contributed by atoms with Crippen LogP contribution in [0.5, 0.6) is 11.5 Å². The average Bonchev–Trinajstić information content (AvgIpc) is 2.76. The summed E-state index contributed by atoms with van der Waals surface area (Å²) in [4.78, 5) is 0. The van der Waals surface area contributed by atoms with Gasteiger partial charge in [0.05, 0.1) is 5.60 Å². The molecule has 0 spiro atoms. The third-order valence-corrected chi connectivity index (χ3v) is 17.5. The van der Waals surface area contributed by atoms with E-state index in [1.165, 1.54) is 16.7 Å². The second kappa shape index (κ2) is 13.0. The Labute approximate surface area is 248 Å². The third-order valence-electron chi connectivity index (χ3n) is 8.78. The SMILES string of the molecule is C/C(=C\c1cccc(CCCCCC(C)(C)O)c1)c1cc(O[Si](C)(C)C(C)(C)C)cc(O[Si](C)(C)C(C)(C)C)c1. The van der Waals surface area contributed by atoms with E-state index in [2.05, 4.69) is 123 Å². The highest BCUT2D eigenvalue weighted by molar-refractivity contribution is 6.75. The highest BCUT2D eigenvalue weighted by Crippen LogP contribution is 2.41. The minimum atomic E-state index is -2.01. The van der Waals surface area contributed by atoms with Gasteiger partial charge in [0.2, 0.25) is 16.6 Å². The van der Waals surface area contributed by atoms with Crippen LogP contribution in [0.15, 0.2) is 42.5 Å². The van der Waals surface area contributed by atoms with Gasteiger partial charge in [0, 0.05) is 6.07 Å². The van der Waals surface area contributed by atoms with E-state index in [9.17, 15) is 5.11 Å². The summed E-state index contributed by atoms with van der Waals surface area (Å²) in [5.74, 6) is 1.82. The molecule has 0 aliphatic heterocycles. The second-order valence-corrected chi connectivity index (χ2v) is 24.8. The second-order valence-electron chi connectivity index (χ2n) is 15.4. The lowest BCUT2D eigenvalue weighted by Gasteiger charge is -2.38. The summed E-state index contributed by atoms with van der Waals surface area (Å²) in [6.07, 6.45) is 7.54. The lowest BCUT2D eigenvalue weighted by Crippen LogP contribution is -2.44. The summed E-state index contributed by atoms with van der Waals surface area (Å²) in [6, 6.07) is 15.4. The minimum absolute atomic E-state index is 0.114. The van der Waals surface area contributed by atoms with Gasteiger partial charge in [0.15, 0.2) is 0 Å². The third kappa shape index (κ3) is 10.5. The van der Waals surface area contributed by atoms with Gasteiger partial charge < -0.3 is 14.0 Å². The maximum atomic E-state index is 9.95. The van der Waals surface area contributed by atoms with Gasteiger partial charge in [-0.05, 0) is 111 Å². The molecular weight excluding hydrogens is 525 g/mol. The zero-order valence-corrected chi connectivity index (χ0v) is 29.9. The predicted molar refractivity (Wildman–Crippen MR) is 181 cm³/mol. The molecule has 0 aromatic heterocycles. The quantitative estimate of drug-likeness (QED) is 0.154. The summed E-state index contributed by atoms with van der Waals surface area (Å²) in [6.45, 7) is 28.8. The molecule has 2 aromatic carbocycles. The molecule has 3 nitrogen and oxygen atoms in total. The van der Waals surface area contributed by atoms with Crippen LogP contribution in [0.4, 0.5) is 0 Å². The first-order valence-electron chi connectivity index (χ1n) is 15.1. The fraction of sp³-hybridized carbons (Fsp3) is 0.600. The van der Waals surface area contributed by atoms with Gasteiger partial charge in [-0.3, -0.25) is 0 Å². The van der Waals surface area contributed by atoms with Crippen molar-refractivity contribution in [2.75, 3.05) is 0 Å². The normalized spacial score (nSPS) is 13.9. The molecule has 0 radical (unpaired) electrons. The summed E-state index contributed by atoms with van der Waals surface area (Å²) in [5.41, 5.74) is 4.35. The van der Waals surface area contributed by atoms with Gasteiger partial charge in [0.1, 0.15) is 11.5 Å². The molecule has 2 aromatic rings. The monoisotopic (exact) mass is 582 g/mol. The largest absolute Gasteiger partial charge is 0.543 e. The van der Waals surface area contributed by atoms with Crippen molar-refractivity contribution in [2.45, 2.75) is 136 Å². The summed E-state index contributed by atoms with van der Waals surface area (Å²) < 4.78 is 13.6. The molecule has 0 fully saturated rings. The van der Waals surface area contributed by atoms with Crippen molar-refractivity contribution in [1.82, 2.24) is 0 Å². The molecule has 0 amide bonds. The number of rotatable bonds is 12. The van der Waals surface area contributed by atoms with Gasteiger partial charge in [-0.25, -0.2) is 0 Å². The molecule has 0 saturated heterocycles. The Morgan fingerprint density at radius 1 is 0.750 bits per heavy atom. The highest BCUT2D eigenvalue weighted by atomic mass is 28.4. The minimum Gasteiger partial charge on any atom is -0.543 e. The Balaban J connectivity index is 2.35. The van der Waals surface area contributed by atoms with Gasteiger partial charge in [-0.2, -0.15) is 0 Å². The maximum Gasteiger partial charge on any atom is 0.250 e. The number of hydrogen-bond acceptors (Lipinski definition) is 3. The first-order chi connectivity index (χ1) is 18.1. The highest BCUT2D eigenvalue weighted by Gasteiger charge is 2.40. The van der Waals surface area contributed by atoms with Crippen molar-refractivity contribution >= 4 is 28.3 Å². The number of aryl methyl sites for hydroxylation is 1. The van der Waals surface area contributed by atoms with Crippen molar-refractivity contribution in [3.63, 3.8) is 0 Å². The summed E-state index contributed by atoms with van der Waals surface area (Å²) >= 11 is 0. The van der Waals surface area contributed by atoms with Crippen molar-refractivity contribution in [1.29, 1.82) is 0 Å². The van der Waals surface area contributed by atoms with Crippen molar-refractivity contribution in [3.05, 3.63) is 59.2 Å². The zero-order valence-electron chi connectivity index (χ0n) is 27.9. The summed E-state index contributed by atoms with van der Waals surface area (Å²) in [7, 11) is -4.02. The fourth-order valence-corrected chi connectivity index (χ4v) is 6.07. The van der Waals surface area contributed by atoms with Crippen LogP contribution in [0.2, 0.25) is 36.3 Å². The molecule has 40 heavy (non-hydrogen) atoms. The Bertz CT molecular complexity index is 1100. The fourth-order valence-electron chi connectivity index (χ4n) is 4.05. The van der Waals surface area contributed by atoms with E-state index in [1.54, 1.807) is 0 Å². The van der Waals surface area contributed by atoms with E-state index in [0.717, 1.165) is 49.2 Å². The molecule has 0 aliphatic carbocycles. The molecule has 0 unspecified atom stereocenters. The lowest BCUT2D eigenvalue weighted by atomic mass is 9.98. The molecule has 1 N–H and O–H groups in total. The van der Waals surface area contributed by atoms with Crippen LogP contribution >= 0.6 is 0 Å². The van der Waals surface area contributed by atoms with Gasteiger partial charge in [-0.15, -0.1) is 0 Å². The molecule has 0 atom stereocenters. The number of hydrogen-bond donors (Lipinski definition) is 1. The smallest absolute Gasteiger partial charge is 0.250 e. The molecule has 0 bridgehead atoms. The van der Waals surface area contributed by atoms with E-state index in [-0.39, 0.29) is 10.1 Å². The van der Waals surface area contributed by atoms with E-state index >= 15 is 0 Å². The van der Waals surface area contributed by atoms with E-state index < -0.39 is 22.2 Å². The van der Waals surface area contributed by atoms with Crippen molar-refractivity contribution in [2.24, 2.45) is 0 Å². The van der Waals surface area contributed by atoms with Crippen LogP contribution in [-0.2, 0) is 6.42 Å². The number of benzene rings is 2. The predicted octanol–water partition coefficient (Wildman–Crippen LogP) is 10.9. The van der Waals surface area contributed by atoms with Crippen LogP contribution in [0.3, 0.4) is 0 Å². The van der Waals surface area contributed by atoms with Crippen LogP contribution in [-0.4, -0.2) is 27.3 Å². The van der Waals surface area contributed by atoms with Crippen molar-refractivity contribution in [3.8, 4) is 11.5 Å². The Hall–Kier alpha value is -1.83. The van der Waals surface area contributed by atoms with Gasteiger partial charge >= 0.3 is 0 Å². The molecular formula is C35H58O3Si2. The lowest BCUT2D eigenvalue weighted by molar-refractivity contribution is 0.0681. The van der Waals surface area contributed by atoms with Crippen LogP contribution in [0.1, 0.15) is 105 Å². The number of allylic oxidation sites excluding steroid dienone is 1. The van der Waals surface area contributed by atoms with E-state index in [0.29, 0.717) is 0 Å². The molecule has 0 heterocycles. The maximum absolute atomic E-state index is 9.95. The first kappa shape index (κ1) is 34.4. The van der Waals surface area contributed by atoms with Gasteiger partial charge in [0.25, 0.3) is 0 Å². The molecule has 224 valence electrons. The average molecular weight is 583 g/mol. The molecule has 0 saturated carbocycles.